The summed E-state index contributed by atoms with van der Waals surface area (Å²) in [6, 6.07) is 2.24. The monoisotopic (exact) mass is 536 g/mol. The molecular formula is C25H33FN4O8. The zero-order valence-electron chi connectivity index (χ0n) is 21.4. The molecule has 2 rings (SSSR count). The highest BCUT2D eigenvalue weighted by Gasteiger charge is 2.41. The molecule has 1 aromatic rings. The van der Waals surface area contributed by atoms with Gasteiger partial charge in [0, 0.05) is 13.3 Å². The largest absolute Gasteiger partial charge is 0.485 e. The zero-order chi connectivity index (χ0) is 28.4. The maximum Gasteiger partial charge on any atom is 0.305 e. The first-order valence-electron chi connectivity index (χ1n) is 12.2. The number of ether oxygens (including phenoxy) is 1. The summed E-state index contributed by atoms with van der Waals surface area (Å²) in [6.07, 6.45) is -0.660. The quantitative estimate of drug-likeness (QED) is 0.255. The summed E-state index contributed by atoms with van der Waals surface area (Å²) in [6.45, 7) is 4.25. The number of likely N-dealkylation sites (tertiary alicyclic amines) is 1. The van der Waals surface area contributed by atoms with Crippen molar-refractivity contribution in [3.8, 4) is 5.75 Å². The summed E-state index contributed by atoms with van der Waals surface area (Å²) in [5.41, 5.74) is 0. The van der Waals surface area contributed by atoms with E-state index in [1.807, 2.05) is 6.92 Å². The molecule has 1 saturated heterocycles. The Morgan fingerprint density at radius 2 is 1.89 bits per heavy atom. The topological polar surface area (TPSA) is 171 Å². The van der Waals surface area contributed by atoms with Crippen molar-refractivity contribution in [2.45, 2.75) is 64.3 Å². The van der Waals surface area contributed by atoms with Crippen LogP contribution in [-0.4, -0.2) is 83.2 Å². The third kappa shape index (κ3) is 8.53. The predicted octanol–water partition coefficient (Wildman–Crippen LogP) is -0.000600. The molecule has 1 aromatic carbocycles. The number of carbonyl (C=O) groups is 6. The maximum atomic E-state index is 14.1. The van der Waals surface area contributed by atoms with Gasteiger partial charge in [-0.05, 0) is 18.1 Å². The van der Waals surface area contributed by atoms with Crippen molar-refractivity contribution in [2.24, 2.45) is 5.92 Å². The third-order valence-corrected chi connectivity index (χ3v) is 6.17. The van der Waals surface area contributed by atoms with Crippen molar-refractivity contribution >= 4 is 35.9 Å². The Kier molecular flexibility index (Phi) is 11.2. The van der Waals surface area contributed by atoms with Crippen LogP contribution < -0.4 is 20.7 Å². The van der Waals surface area contributed by atoms with E-state index in [1.165, 1.54) is 25.1 Å². The van der Waals surface area contributed by atoms with Gasteiger partial charge >= 0.3 is 5.97 Å². The van der Waals surface area contributed by atoms with Crippen molar-refractivity contribution in [1.82, 2.24) is 20.9 Å². The third-order valence-electron chi connectivity index (χ3n) is 6.17. The lowest BCUT2D eigenvalue weighted by atomic mass is 9.98. The van der Waals surface area contributed by atoms with E-state index in [0.29, 0.717) is 6.42 Å². The van der Waals surface area contributed by atoms with Crippen LogP contribution >= 0.6 is 0 Å². The Hall–Kier alpha value is -4.03. The number of halogens is 1. The van der Waals surface area contributed by atoms with Gasteiger partial charge < -0.3 is 35.5 Å². The van der Waals surface area contributed by atoms with Crippen LogP contribution in [0.3, 0.4) is 0 Å². The van der Waals surface area contributed by atoms with Gasteiger partial charge in [-0.25, -0.2) is 4.39 Å². The van der Waals surface area contributed by atoms with Gasteiger partial charge in [-0.2, -0.15) is 0 Å². The molecule has 0 unspecified atom stereocenters. The molecule has 4 N–H and O–H groups in total. The molecule has 0 radical (unpaired) electrons. The van der Waals surface area contributed by atoms with Crippen LogP contribution in [0.2, 0.25) is 0 Å². The molecule has 13 heteroatoms. The maximum absolute atomic E-state index is 14.1. The number of carboxylic acid groups (broad SMARTS) is 1. The van der Waals surface area contributed by atoms with E-state index >= 15 is 0 Å². The van der Waals surface area contributed by atoms with E-state index in [1.54, 1.807) is 13.0 Å². The SMILES string of the molecule is CC[C@H](C)[C@H](NC(C)=O)C(=O)NCC(=O)N1C[C@@H](Oc2ccccc2F)C[C@H]1C(=O)N[C@H](C=O)CC(=O)O. The van der Waals surface area contributed by atoms with E-state index in [2.05, 4.69) is 16.0 Å². The minimum absolute atomic E-state index is 0.0696. The van der Waals surface area contributed by atoms with Crippen LogP contribution in [0.5, 0.6) is 5.75 Å². The minimum atomic E-state index is -1.32. The van der Waals surface area contributed by atoms with Crippen molar-refractivity contribution in [1.29, 1.82) is 0 Å². The number of hydrogen-bond donors (Lipinski definition) is 4. The lowest BCUT2D eigenvalue weighted by Crippen LogP contribution is -2.54. The number of hydrogen-bond acceptors (Lipinski definition) is 7. The first-order chi connectivity index (χ1) is 18.0. The van der Waals surface area contributed by atoms with Gasteiger partial charge in [0.2, 0.25) is 23.6 Å². The fraction of sp³-hybridized carbons (Fsp3) is 0.520. The molecule has 0 saturated carbocycles. The molecule has 1 heterocycles. The van der Waals surface area contributed by atoms with Crippen molar-refractivity contribution in [3.05, 3.63) is 30.1 Å². The number of aldehydes is 1. The second kappa shape index (κ2) is 14.1. The zero-order valence-corrected chi connectivity index (χ0v) is 21.4. The van der Waals surface area contributed by atoms with E-state index in [9.17, 15) is 33.2 Å². The molecule has 38 heavy (non-hydrogen) atoms. The molecule has 1 fully saturated rings. The van der Waals surface area contributed by atoms with Crippen molar-refractivity contribution < 1.29 is 43.0 Å². The van der Waals surface area contributed by atoms with Crippen molar-refractivity contribution in [2.75, 3.05) is 13.1 Å². The molecule has 0 bridgehead atoms. The van der Waals surface area contributed by atoms with Gasteiger partial charge in [-0.15, -0.1) is 0 Å². The Morgan fingerprint density at radius 3 is 2.47 bits per heavy atom. The summed E-state index contributed by atoms with van der Waals surface area (Å²) in [4.78, 5) is 73.6. The smallest absolute Gasteiger partial charge is 0.305 e. The number of carbonyl (C=O) groups excluding carboxylic acids is 5. The summed E-state index contributed by atoms with van der Waals surface area (Å²) >= 11 is 0. The van der Waals surface area contributed by atoms with Gasteiger partial charge in [-0.3, -0.25) is 24.0 Å². The Balaban J connectivity index is 2.17. The van der Waals surface area contributed by atoms with Crippen LogP contribution in [0.1, 0.15) is 40.0 Å². The highest BCUT2D eigenvalue weighted by Crippen LogP contribution is 2.25. The fourth-order valence-electron chi connectivity index (χ4n) is 4.02. The summed E-state index contributed by atoms with van der Waals surface area (Å²) < 4.78 is 19.8. The average molecular weight is 537 g/mol. The number of aliphatic carboxylic acids is 1. The number of carboxylic acids is 1. The van der Waals surface area contributed by atoms with Crippen molar-refractivity contribution in [3.63, 3.8) is 0 Å². The van der Waals surface area contributed by atoms with E-state index in [0.717, 1.165) is 4.90 Å². The van der Waals surface area contributed by atoms with Gasteiger partial charge in [-0.1, -0.05) is 32.4 Å². The molecule has 12 nitrogen and oxygen atoms in total. The lowest BCUT2D eigenvalue weighted by Gasteiger charge is -2.26. The Labute approximate surface area is 219 Å². The molecule has 0 aliphatic carbocycles. The van der Waals surface area contributed by atoms with Crippen LogP contribution in [-0.2, 0) is 28.8 Å². The van der Waals surface area contributed by atoms with Crippen LogP contribution in [0.25, 0.3) is 0 Å². The van der Waals surface area contributed by atoms with Gasteiger partial charge in [0.25, 0.3) is 0 Å². The first kappa shape index (κ1) is 30.2. The van der Waals surface area contributed by atoms with Gasteiger partial charge in [0.05, 0.1) is 25.6 Å². The van der Waals surface area contributed by atoms with E-state index < -0.39 is 72.6 Å². The summed E-state index contributed by atoms with van der Waals surface area (Å²) in [5.74, 6) is -4.68. The lowest BCUT2D eigenvalue weighted by molar-refractivity contribution is -0.141. The molecule has 208 valence electrons. The fourth-order valence-corrected chi connectivity index (χ4v) is 4.02. The average Bonchev–Trinajstić information content (AvgIpc) is 3.29. The molecule has 5 atom stereocenters. The number of benzene rings is 1. The Bertz CT molecular complexity index is 1050. The van der Waals surface area contributed by atoms with Crippen LogP contribution in [0, 0.1) is 11.7 Å². The molecule has 0 aromatic heterocycles. The second-order valence-electron chi connectivity index (χ2n) is 9.10. The molecule has 0 spiro atoms. The second-order valence-corrected chi connectivity index (χ2v) is 9.10. The minimum Gasteiger partial charge on any atom is -0.485 e. The highest BCUT2D eigenvalue weighted by molar-refractivity contribution is 5.93. The van der Waals surface area contributed by atoms with Crippen LogP contribution in [0.4, 0.5) is 4.39 Å². The highest BCUT2D eigenvalue weighted by atomic mass is 19.1. The number of rotatable bonds is 13. The summed E-state index contributed by atoms with van der Waals surface area (Å²) in [7, 11) is 0. The first-order valence-corrected chi connectivity index (χ1v) is 12.2. The van der Waals surface area contributed by atoms with Gasteiger partial charge in [0.15, 0.2) is 11.6 Å². The number of para-hydroxylation sites is 1. The number of nitrogens with one attached hydrogen (secondary N) is 3. The van der Waals surface area contributed by atoms with Gasteiger partial charge in [0.1, 0.15) is 24.5 Å². The predicted molar refractivity (Wildman–Crippen MR) is 131 cm³/mol. The number of nitrogens with zero attached hydrogens (tertiary/aromatic N) is 1. The number of amides is 4. The molecular weight excluding hydrogens is 503 g/mol. The normalized spacial score (nSPS) is 19.0. The molecule has 1 aliphatic rings. The van der Waals surface area contributed by atoms with E-state index in [4.69, 9.17) is 9.84 Å². The van der Waals surface area contributed by atoms with Crippen LogP contribution in [0.15, 0.2) is 24.3 Å². The molecule has 1 aliphatic heterocycles. The summed E-state index contributed by atoms with van der Waals surface area (Å²) in [5, 5.41) is 16.3. The Morgan fingerprint density at radius 1 is 1.21 bits per heavy atom. The van der Waals surface area contributed by atoms with E-state index in [-0.39, 0.29) is 30.9 Å². The molecule has 4 amide bonds. The standard InChI is InChI=1S/C25H33FN4O8/c1-4-14(2)23(28-15(3)32)25(37)27-11-21(33)30-12-17(38-20-8-6-5-7-18(20)26)10-19(30)24(36)29-16(13-31)9-22(34)35/h5-8,13-14,16-17,19,23H,4,9-12H2,1-3H3,(H,27,37)(H,28,32)(H,29,36)(H,34,35)/t14-,16-,17-,19-,23-/m0/s1.